The van der Waals surface area contributed by atoms with Crippen LogP contribution in [0.15, 0.2) is 17.0 Å². The number of rotatable bonds is 0. The Morgan fingerprint density at radius 1 is 1.29 bits per heavy atom. The van der Waals surface area contributed by atoms with E-state index in [0.717, 1.165) is 16.9 Å². The molecule has 0 aromatic heterocycles. The van der Waals surface area contributed by atoms with Gasteiger partial charge in [0.2, 0.25) is 0 Å². The highest BCUT2D eigenvalue weighted by molar-refractivity contribution is 7.85. The van der Waals surface area contributed by atoms with Crippen molar-refractivity contribution in [2.75, 3.05) is 5.75 Å². The van der Waals surface area contributed by atoms with Crippen molar-refractivity contribution in [3.63, 3.8) is 0 Å². The summed E-state index contributed by atoms with van der Waals surface area (Å²) in [6.07, 6.45) is 3.55. The van der Waals surface area contributed by atoms with Crippen LogP contribution < -0.4 is 5.73 Å². The molecule has 0 spiro atoms. The fourth-order valence-corrected chi connectivity index (χ4v) is 3.88. The minimum Gasteiger partial charge on any atom is -0.323 e. The average molecular weight is 207 g/mol. The molecule has 3 heteroatoms. The molecule has 0 fully saturated rings. The highest BCUT2D eigenvalue weighted by atomic mass is 32.2. The summed E-state index contributed by atoms with van der Waals surface area (Å²) in [5, 5.41) is 0. The second kappa shape index (κ2) is 2.91. The first-order valence-corrected chi connectivity index (χ1v) is 6.37. The highest BCUT2D eigenvalue weighted by Crippen LogP contribution is 2.34. The third kappa shape index (κ3) is 1.09. The van der Waals surface area contributed by atoms with Crippen LogP contribution in [0.1, 0.15) is 29.2 Å². The maximum Gasteiger partial charge on any atom is 0.0552 e. The van der Waals surface area contributed by atoms with E-state index in [4.69, 9.17) is 5.73 Å². The van der Waals surface area contributed by atoms with Crippen molar-refractivity contribution in [2.45, 2.75) is 30.2 Å². The Morgan fingerprint density at radius 3 is 2.79 bits per heavy atom. The molecule has 2 atom stereocenters. The molecule has 0 amide bonds. The van der Waals surface area contributed by atoms with Crippen LogP contribution in [0.4, 0.5) is 0 Å². The Labute approximate surface area is 86.0 Å². The lowest BCUT2D eigenvalue weighted by atomic mass is 10.0. The van der Waals surface area contributed by atoms with Crippen molar-refractivity contribution >= 4 is 10.8 Å². The first-order valence-electron chi connectivity index (χ1n) is 5.05. The lowest BCUT2D eigenvalue weighted by Gasteiger charge is -2.06. The molecule has 0 radical (unpaired) electrons. The van der Waals surface area contributed by atoms with E-state index in [1.807, 2.05) is 0 Å². The third-order valence-corrected chi connectivity index (χ3v) is 4.71. The van der Waals surface area contributed by atoms with Crippen LogP contribution in [0.2, 0.25) is 0 Å². The Morgan fingerprint density at radius 2 is 2.00 bits per heavy atom. The van der Waals surface area contributed by atoms with Crippen LogP contribution in [0, 0.1) is 0 Å². The number of benzene rings is 1. The van der Waals surface area contributed by atoms with Crippen LogP contribution in [-0.4, -0.2) is 9.96 Å². The van der Waals surface area contributed by atoms with E-state index in [-0.39, 0.29) is 6.04 Å². The molecule has 3 rings (SSSR count). The van der Waals surface area contributed by atoms with Crippen LogP contribution in [0.5, 0.6) is 0 Å². The molecule has 74 valence electrons. The first-order chi connectivity index (χ1) is 6.75. The van der Waals surface area contributed by atoms with Gasteiger partial charge in [-0.05, 0) is 42.0 Å². The second-order valence-electron chi connectivity index (χ2n) is 4.13. The molecule has 0 saturated heterocycles. The molecule has 0 bridgehead atoms. The molecule has 2 nitrogen and oxygen atoms in total. The topological polar surface area (TPSA) is 43.1 Å². The van der Waals surface area contributed by atoms with Gasteiger partial charge in [-0.15, -0.1) is 0 Å². The van der Waals surface area contributed by atoms with Gasteiger partial charge in [-0.3, -0.25) is 4.21 Å². The fraction of sp³-hybridized carbons (Fsp3) is 0.455. The predicted octanol–water partition coefficient (Wildman–Crippen LogP) is 1.30. The van der Waals surface area contributed by atoms with Crippen molar-refractivity contribution in [1.82, 2.24) is 0 Å². The van der Waals surface area contributed by atoms with Gasteiger partial charge in [0.15, 0.2) is 0 Å². The second-order valence-corrected chi connectivity index (χ2v) is 5.60. The van der Waals surface area contributed by atoms with E-state index in [1.165, 1.54) is 24.0 Å². The third-order valence-electron chi connectivity index (χ3n) is 3.20. The summed E-state index contributed by atoms with van der Waals surface area (Å²) in [5.41, 5.74) is 9.89. The van der Waals surface area contributed by atoms with Gasteiger partial charge in [-0.2, -0.15) is 0 Å². The average Bonchev–Trinajstić information content (AvgIpc) is 2.70. The molecular weight excluding hydrogens is 194 g/mol. The van der Waals surface area contributed by atoms with Crippen molar-refractivity contribution in [2.24, 2.45) is 5.73 Å². The van der Waals surface area contributed by atoms with Gasteiger partial charge in [0.05, 0.1) is 10.8 Å². The standard InChI is InChI=1S/C11H13NOS/c12-10-6-14(13)11-5-8-3-1-2-7(8)4-9(10)11/h4-5,10H,1-3,6,12H2. The Balaban J connectivity index is 2.22. The SMILES string of the molecule is NC1CS(=O)c2cc3c(cc21)CCC3. The number of hydrogen-bond donors (Lipinski definition) is 1. The highest BCUT2D eigenvalue weighted by Gasteiger charge is 2.27. The quantitative estimate of drug-likeness (QED) is 0.696. The predicted molar refractivity (Wildman–Crippen MR) is 56.7 cm³/mol. The van der Waals surface area contributed by atoms with Crippen LogP contribution in [0.25, 0.3) is 0 Å². The summed E-state index contributed by atoms with van der Waals surface area (Å²) < 4.78 is 11.7. The summed E-state index contributed by atoms with van der Waals surface area (Å²) in [4.78, 5) is 0.998. The molecule has 0 saturated carbocycles. The Hall–Kier alpha value is -0.670. The molecule has 2 aliphatic rings. The van der Waals surface area contributed by atoms with Crippen LogP contribution >= 0.6 is 0 Å². The maximum absolute atomic E-state index is 11.7. The lowest BCUT2D eigenvalue weighted by molar-refractivity contribution is 0.683. The van der Waals surface area contributed by atoms with E-state index in [0.29, 0.717) is 5.75 Å². The number of aryl methyl sites for hydroxylation is 2. The van der Waals surface area contributed by atoms with Gasteiger partial charge in [-0.1, -0.05) is 6.07 Å². The zero-order chi connectivity index (χ0) is 9.71. The summed E-state index contributed by atoms with van der Waals surface area (Å²) >= 11 is 0. The number of fused-ring (bicyclic) bond motifs is 2. The Bertz CT molecular complexity index is 428. The minimum absolute atomic E-state index is 0.00302. The summed E-state index contributed by atoms with van der Waals surface area (Å²) in [7, 11) is -0.845. The van der Waals surface area contributed by atoms with E-state index in [9.17, 15) is 4.21 Å². The Kier molecular flexibility index (Phi) is 1.79. The zero-order valence-electron chi connectivity index (χ0n) is 7.95. The lowest BCUT2D eigenvalue weighted by Crippen LogP contribution is -2.10. The monoisotopic (exact) mass is 207 g/mol. The molecule has 1 heterocycles. The number of hydrogen-bond acceptors (Lipinski definition) is 2. The van der Waals surface area contributed by atoms with E-state index >= 15 is 0 Å². The molecule has 1 aliphatic heterocycles. The van der Waals surface area contributed by atoms with Gasteiger partial charge in [0, 0.05) is 16.7 Å². The van der Waals surface area contributed by atoms with Gasteiger partial charge < -0.3 is 5.73 Å². The smallest absolute Gasteiger partial charge is 0.0552 e. The zero-order valence-corrected chi connectivity index (χ0v) is 8.77. The van der Waals surface area contributed by atoms with Gasteiger partial charge >= 0.3 is 0 Å². The van der Waals surface area contributed by atoms with Crippen molar-refractivity contribution in [1.29, 1.82) is 0 Å². The van der Waals surface area contributed by atoms with Crippen molar-refractivity contribution in [3.8, 4) is 0 Å². The first kappa shape index (κ1) is 8.62. The van der Waals surface area contributed by atoms with Crippen LogP contribution in [0.3, 0.4) is 0 Å². The van der Waals surface area contributed by atoms with Gasteiger partial charge in [0.1, 0.15) is 0 Å². The van der Waals surface area contributed by atoms with E-state index in [2.05, 4.69) is 12.1 Å². The molecule has 1 aliphatic carbocycles. The fourth-order valence-electron chi connectivity index (χ4n) is 2.45. The molecule has 1 aromatic rings. The summed E-state index contributed by atoms with van der Waals surface area (Å²) in [6, 6.07) is 4.31. The summed E-state index contributed by atoms with van der Waals surface area (Å²) in [6.45, 7) is 0. The maximum atomic E-state index is 11.7. The van der Waals surface area contributed by atoms with E-state index in [1.54, 1.807) is 0 Å². The van der Waals surface area contributed by atoms with Crippen molar-refractivity contribution < 1.29 is 4.21 Å². The summed E-state index contributed by atoms with van der Waals surface area (Å²) in [5.74, 6) is 0.609. The normalized spacial score (nSPS) is 28.9. The molecule has 2 N–H and O–H groups in total. The molecule has 1 aromatic carbocycles. The largest absolute Gasteiger partial charge is 0.323 e. The van der Waals surface area contributed by atoms with E-state index < -0.39 is 10.8 Å². The molecular formula is C11H13NOS. The minimum atomic E-state index is -0.845. The van der Waals surface area contributed by atoms with Crippen molar-refractivity contribution in [3.05, 3.63) is 28.8 Å². The van der Waals surface area contributed by atoms with Crippen LogP contribution in [-0.2, 0) is 23.6 Å². The van der Waals surface area contributed by atoms with Gasteiger partial charge in [0.25, 0.3) is 0 Å². The number of nitrogens with two attached hydrogens (primary N) is 1. The molecule has 14 heavy (non-hydrogen) atoms. The van der Waals surface area contributed by atoms with Gasteiger partial charge in [-0.25, -0.2) is 0 Å². The molecule has 2 unspecified atom stereocenters.